The van der Waals surface area contributed by atoms with Crippen molar-refractivity contribution in [2.45, 2.75) is 13.3 Å². The number of hydrogen-bond acceptors (Lipinski definition) is 4. The maximum absolute atomic E-state index is 11.6. The quantitative estimate of drug-likeness (QED) is 0.762. The second-order valence-electron chi connectivity index (χ2n) is 4.68. The van der Waals surface area contributed by atoms with E-state index in [2.05, 4.69) is 26.3 Å². The van der Waals surface area contributed by atoms with E-state index in [1.807, 2.05) is 6.92 Å². The number of imidazole rings is 1. The first-order valence-corrected chi connectivity index (χ1v) is 6.65. The Balaban J connectivity index is 2.10. The average molecular weight is 279 g/mol. The molecule has 2 N–H and O–H groups in total. The van der Waals surface area contributed by atoms with Gasteiger partial charge in [-0.3, -0.25) is 9.78 Å². The van der Waals surface area contributed by atoms with Crippen LogP contribution in [0.1, 0.15) is 18.3 Å². The molecule has 0 atom stereocenters. The highest BCUT2D eigenvalue weighted by Gasteiger charge is 2.11. The van der Waals surface area contributed by atoms with Crippen LogP contribution in [0.2, 0.25) is 0 Å². The summed E-state index contributed by atoms with van der Waals surface area (Å²) in [5.74, 6) is 0.513. The van der Waals surface area contributed by atoms with Crippen LogP contribution in [0.5, 0.6) is 0 Å². The first-order chi connectivity index (χ1) is 10.2. The number of H-pyrrole nitrogens is 1. The third-order valence-electron chi connectivity index (χ3n) is 3.20. The Morgan fingerprint density at radius 2 is 2.33 bits per heavy atom. The molecule has 2 aromatic heterocycles. The summed E-state index contributed by atoms with van der Waals surface area (Å²) in [6.07, 6.45) is 1.89. The fourth-order valence-electron chi connectivity index (χ4n) is 2.27. The lowest BCUT2D eigenvalue weighted by molar-refractivity contribution is -0.120. The number of carbonyl (C=O) groups excluding carboxylic acids is 1. The molecular formula is C15H13N5O. The normalized spacial score (nSPS) is 10.7. The largest absolute Gasteiger partial charge is 0.356 e. The van der Waals surface area contributed by atoms with Gasteiger partial charge in [0, 0.05) is 11.9 Å². The van der Waals surface area contributed by atoms with Gasteiger partial charge in [-0.2, -0.15) is 5.26 Å². The fraction of sp³-hybridized carbons (Fsp3) is 0.200. The number of rotatable bonds is 3. The summed E-state index contributed by atoms with van der Waals surface area (Å²) in [5.41, 5.74) is 2.83. The molecule has 0 radical (unpaired) electrons. The number of nitrogens with one attached hydrogen (secondary N) is 2. The minimum absolute atomic E-state index is 0.0773. The number of hydrogen-bond donors (Lipinski definition) is 2. The van der Waals surface area contributed by atoms with Crippen molar-refractivity contribution in [2.24, 2.45) is 0 Å². The van der Waals surface area contributed by atoms with Gasteiger partial charge in [-0.1, -0.05) is 0 Å². The zero-order valence-corrected chi connectivity index (χ0v) is 11.5. The third-order valence-corrected chi connectivity index (χ3v) is 3.20. The van der Waals surface area contributed by atoms with E-state index in [0.29, 0.717) is 17.9 Å². The van der Waals surface area contributed by atoms with E-state index >= 15 is 0 Å². The van der Waals surface area contributed by atoms with Crippen molar-refractivity contribution in [3.05, 3.63) is 35.8 Å². The van der Waals surface area contributed by atoms with Crippen molar-refractivity contribution >= 4 is 27.8 Å². The van der Waals surface area contributed by atoms with Gasteiger partial charge >= 0.3 is 0 Å². The predicted molar refractivity (Wildman–Crippen MR) is 78.5 cm³/mol. The smallest absolute Gasteiger partial charge is 0.227 e. The number of aromatic nitrogens is 3. The summed E-state index contributed by atoms with van der Waals surface area (Å²) in [7, 11) is 0. The molecular weight excluding hydrogens is 266 g/mol. The van der Waals surface area contributed by atoms with Crippen LogP contribution in [0, 0.1) is 11.3 Å². The van der Waals surface area contributed by atoms with Gasteiger partial charge in [0.05, 0.1) is 40.8 Å². The molecule has 0 aliphatic rings. The summed E-state index contributed by atoms with van der Waals surface area (Å²) in [4.78, 5) is 23.5. The molecule has 1 aromatic carbocycles. The molecule has 0 bridgehead atoms. The van der Waals surface area contributed by atoms with Gasteiger partial charge in [0.15, 0.2) is 0 Å². The number of benzene rings is 1. The van der Waals surface area contributed by atoms with Crippen molar-refractivity contribution in [3.8, 4) is 6.07 Å². The number of amides is 1. The van der Waals surface area contributed by atoms with E-state index in [4.69, 9.17) is 5.26 Å². The Morgan fingerprint density at radius 3 is 3.10 bits per heavy atom. The van der Waals surface area contributed by atoms with E-state index in [9.17, 15) is 4.79 Å². The zero-order valence-electron chi connectivity index (χ0n) is 11.5. The molecule has 1 amide bonds. The maximum atomic E-state index is 11.6. The molecule has 0 spiro atoms. The van der Waals surface area contributed by atoms with Gasteiger partial charge in [0.25, 0.3) is 0 Å². The molecule has 6 nitrogen and oxygen atoms in total. The van der Waals surface area contributed by atoms with Gasteiger partial charge < -0.3 is 10.3 Å². The van der Waals surface area contributed by atoms with Gasteiger partial charge in [-0.15, -0.1) is 0 Å². The number of carbonyl (C=O) groups is 1. The van der Waals surface area contributed by atoms with Crippen LogP contribution >= 0.6 is 0 Å². The third kappa shape index (κ3) is 2.41. The Bertz CT molecular complexity index is 875. The second-order valence-corrected chi connectivity index (χ2v) is 4.68. The fourth-order valence-corrected chi connectivity index (χ4v) is 2.27. The lowest BCUT2D eigenvalue weighted by Gasteiger charge is -1.98. The van der Waals surface area contributed by atoms with Crippen molar-refractivity contribution in [3.63, 3.8) is 0 Å². The summed E-state index contributed by atoms with van der Waals surface area (Å²) in [5, 5.41) is 12.5. The lowest BCUT2D eigenvalue weighted by Crippen LogP contribution is -2.24. The monoisotopic (exact) mass is 279 g/mol. The highest BCUT2D eigenvalue weighted by molar-refractivity contribution is 6.02. The molecule has 0 saturated carbocycles. The highest BCUT2D eigenvalue weighted by Crippen LogP contribution is 2.22. The molecule has 6 heteroatoms. The van der Waals surface area contributed by atoms with Gasteiger partial charge in [-0.05, 0) is 25.1 Å². The number of likely N-dealkylation sites (N-methyl/N-ethyl adjacent to an activating group) is 1. The van der Waals surface area contributed by atoms with Gasteiger partial charge in [0.2, 0.25) is 5.91 Å². The van der Waals surface area contributed by atoms with E-state index < -0.39 is 0 Å². The van der Waals surface area contributed by atoms with E-state index in [0.717, 1.165) is 21.9 Å². The molecule has 0 fully saturated rings. The molecule has 0 aliphatic heterocycles. The van der Waals surface area contributed by atoms with Crippen LogP contribution < -0.4 is 5.32 Å². The van der Waals surface area contributed by atoms with Crippen LogP contribution in [0.25, 0.3) is 21.9 Å². The molecule has 3 aromatic rings. The first-order valence-electron chi connectivity index (χ1n) is 6.65. The van der Waals surface area contributed by atoms with Crippen LogP contribution in [-0.4, -0.2) is 27.4 Å². The minimum Gasteiger partial charge on any atom is -0.356 e. The summed E-state index contributed by atoms with van der Waals surface area (Å²) < 4.78 is 0. The standard InChI is InChI=1S/C15H13N5O/c1-2-17-14(21)6-13-19-12-8-18-11-4-3-9(7-16)5-10(11)15(12)20-13/h3-5,8H,2,6H2,1H3,(H,17,21)(H,19,20). The van der Waals surface area contributed by atoms with Crippen LogP contribution in [-0.2, 0) is 11.2 Å². The van der Waals surface area contributed by atoms with E-state index in [1.54, 1.807) is 24.4 Å². The maximum Gasteiger partial charge on any atom is 0.227 e. The molecule has 0 saturated heterocycles. The van der Waals surface area contributed by atoms with Crippen LogP contribution in [0.4, 0.5) is 0 Å². The van der Waals surface area contributed by atoms with Gasteiger partial charge in [0.1, 0.15) is 5.82 Å². The Morgan fingerprint density at radius 1 is 1.48 bits per heavy atom. The molecule has 0 unspecified atom stereocenters. The Labute approximate surface area is 120 Å². The molecule has 0 aliphatic carbocycles. The predicted octanol–water partition coefficient (Wildman–Crippen LogP) is 1.66. The van der Waals surface area contributed by atoms with Crippen molar-refractivity contribution in [1.82, 2.24) is 20.3 Å². The van der Waals surface area contributed by atoms with Crippen LogP contribution in [0.3, 0.4) is 0 Å². The SMILES string of the molecule is CCNC(=O)Cc1nc2c(cnc3ccc(C#N)cc32)[nH]1. The summed E-state index contributed by atoms with van der Waals surface area (Å²) in [6, 6.07) is 7.40. The van der Waals surface area contributed by atoms with Crippen molar-refractivity contribution in [2.75, 3.05) is 6.54 Å². The lowest BCUT2D eigenvalue weighted by atomic mass is 10.1. The molecule has 104 valence electrons. The topological polar surface area (TPSA) is 94.5 Å². The summed E-state index contributed by atoms with van der Waals surface area (Å²) >= 11 is 0. The van der Waals surface area contributed by atoms with Crippen molar-refractivity contribution in [1.29, 1.82) is 5.26 Å². The molecule has 2 heterocycles. The van der Waals surface area contributed by atoms with Crippen LogP contribution in [0.15, 0.2) is 24.4 Å². The average Bonchev–Trinajstić information content (AvgIpc) is 2.89. The molecule has 21 heavy (non-hydrogen) atoms. The van der Waals surface area contributed by atoms with E-state index in [-0.39, 0.29) is 12.3 Å². The highest BCUT2D eigenvalue weighted by atomic mass is 16.1. The number of nitriles is 1. The number of fused-ring (bicyclic) bond motifs is 3. The Hall–Kier alpha value is -2.94. The van der Waals surface area contributed by atoms with Gasteiger partial charge in [-0.25, -0.2) is 4.98 Å². The number of pyridine rings is 1. The second kappa shape index (κ2) is 5.21. The number of aromatic amines is 1. The number of nitrogens with zero attached hydrogens (tertiary/aromatic N) is 3. The summed E-state index contributed by atoms with van der Waals surface area (Å²) in [6.45, 7) is 2.46. The van der Waals surface area contributed by atoms with Crippen molar-refractivity contribution < 1.29 is 4.79 Å². The molecule has 3 rings (SSSR count). The Kier molecular flexibility index (Phi) is 3.24. The minimum atomic E-state index is -0.0773. The zero-order chi connectivity index (χ0) is 14.8. The first kappa shape index (κ1) is 13.1. The van der Waals surface area contributed by atoms with E-state index in [1.165, 1.54) is 0 Å².